The van der Waals surface area contributed by atoms with Crippen molar-refractivity contribution in [1.29, 1.82) is 0 Å². The minimum Gasteiger partial charge on any atom is -0.359 e. The molecule has 1 aromatic heterocycles. The van der Waals surface area contributed by atoms with Crippen molar-refractivity contribution in [2.75, 3.05) is 11.0 Å². The number of nitrogens with one attached hydrogen (secondary N) is 2. The molecule has 0 aliphatic carbocycles. The number of fused-ring (bicyclic) bond motifs is 1. The van der Waals surface area contributed by atoms with E-state index in [1.165, 1.54) is 0 Å². The number of sulfonamides is 1. The van der Waals surface area contributed by atoms with Gasteiger partial charge < -0.3 is 4.98 Å². The first-order chi connectivity index (χ1) is 6.94. The van der Waals surface area contributed by atoms with E-state index < -0.39 is 10.0 Å². The molecule has 0 aliphatic heterocycles. The fourth-order valence-electron chi connectivity index (χ4n) is 1.56. The Kier molecular flexibility index (Phi) is 2.19. The summed E-state index contributed by atoms with van der Waals surface area (Å²) in [5.41, 5.74) is 2.65. The van der Waals surface area contributed by atoms with Gasteiger partial charge >= 0.3 is 0 Å². The normalized spacial score (nSPS) is 11.9. The Morgan fingerprint density at radius 3 is 2.67 bits per heavy atom. The van der Waals surface area contributed by atoms with Crippen LogP contribution in [0, 0.1) is 6.92 Å². The number of H-pyrrole nitrogens is 1. The summed E-state index contributed by atoms with van der Waals surface area (Å²) in [7, 11) is -3.20. The summed E-state index contributed by atoms with van der Waals surface area (Å²) in [5.74, 6) is 0. The number of rotatable bonds is 2. The number of aromatic nitrogens is 1. The molecule has 4 nitrogen and oxygen atoms in total. The van der Waals surface area contributed by atoms with Gasteiger partial charge in [0, 0.05) is 22.3 Å². The molecule has 0 bridgehead atoms. The largest absolute Gasteiger partial charge is 0.359 e. The third kappa shape index (κ3) is 2.30. The first-order valence-electron chi connectivity index (χ1n) is 4.51. The van der Waals surface area contributed by atoms with E-state index in [4.69, 9.17) is 0 Å². The molecular weight excluding hydrogens is 212 g/mol. The molecule has 1 heterocycles. The summed E-state index contributed by atoms with van der Waals surface area (Å²) in [6, 6.07) is 7.37. The molecule has 0 amide bonds. The summed E-state index contributed by atoms with van der Waals surface area (Å²) in [6.07, 6.45) is 1.14. The van der Waals surface area contributed by atoms with E-state index >= 15 is 0 Å². The van der Waals surface area contributed by atoms with Crippen molar-refractivity contribution < 1.29 is 8.42 Å². The lowest BCUT2D eigenvalue weighted by molar-refractivity contribution is 0.607. The van der Waals surface area contributed by atoms with Crippen molar-refractivity contribution in [3.05, 3.63) is 30.0 Å². The Bertz CT molecular complexity index is 599. The molecule has 1 aromatic carbocycles. The van der Waals surface area contributed by atoms with Crippen molar-refractivity contribution in [2.45, 2.75) is 6.92 Å². The summed E-state index contributed by atoms with van der Waals surface area (Å²) >= 11 is 0. The van der Waals surface area contributed by atoms with Gasteiger partial charge in [0.05, 0.1) is 6.26 Å². The van der Waals surface area contributed by atoms with Gasteiger partial charge in [-0.1, -0.05) is 0 Å². The number of hydrogen-bond donors (Lipinski definition) is 2. The third-order valence-electron chi connectivity index (χ3n) is 2.06. The number of benzene rings is 1. The van der Waals surface area contributed by atoms with Crippen molar-refractivity contribution in [3.63, 3.8) is 0 Å². The van der Waals surface area contributed by atoms with Gasteiger partial charge in [0.1, 0.15) is 0 Å². The number of aryl methyl sites for hydroxylation is 1. The SMILES string of the molecule is Cc1cc2cc(NS(C)(=O)=O)ccc2[nH]1. The average molecular weight is 224 g/mol. The van der Waals surface area contributed by atoms with Gasteiger partial charge in [0.2, 0.25) is 10.0 Å². The van der Waals surface area contributed by atoms with E-state index in [1.807, 2.05) is 19.1 Å². The Hall–Kier alpha value is -1.49. The fraction of sp³-hybridized carbons (Fsp3) is 0.200. The maximum atomic E-state index is 11.0. The molecule has 0 fully saturated rings. The molecule has 80 valence electrons. The molecular formula is C10H12N2O2S. The quantitative estimate of drug-likeness (QED) is 0.817. The van der Waals surface area contributed by atoms with Crippen LogP contribution >= 0.6 is 0 Å². The van der Waals surface area contributed by atoms with Crippen molar-refractivity contribution in [3.8, 4) is 0 Å². The van der Waals surface area contributed by atoms with Gasteiger partial charge in [-0.25, -0.2) is 8.42 Å². The topological polar surface area (TPSA) is 62.0 Å². The van der Waals surface area contributed by atoms with Crippen LogP contribution in [-0.2, 0) is 10.0 Å². The Morgan fingerprint density at radius 1 is 1.27 bits per heavy atom. The molecule has 0 spiro atoms. The zero-order valence-electron chi connectivity index (χ0n) is 8.53. The highest BCUT2D eigenvalue weighted by atomic mass is 32.2. The molecule has 15 heavy (non-hydrogen) atoms. The number of aromatic amines is 1. The maximum absolute atomic E-state index is 11.0. The highest BCUT2D eigenvalue weighted by Gasteiger charge is 2.03. The molecule has 0 saturated heterocycles. The fourth-order valence-corrected chi connectivity index (χ4v) is 2.11. The predicted octanol–water partition coefficient (Wildman–Crippen LogP) is 1.85. The van der Waals surface area contributed by atoms with Crippen LogP contribution in [0.1, 0.15) is 5.69 Å². The number of anilines is 1. The van der Waals surface area contributed by atoms with Crippen LogP contribution in [0.15, 0.2) is 24.3 Å². The third-order valence-corrected chi connectivity index (χ3v) is 2.67. The minimum atomic E-state index is -3.20. The van der Waals surface area contributed by atoms with Gasteiger partial charge in [-0.05, 0) is 31.2 Å². The van der Waals surface area contributed by atoms with Gasteiger partial charge in [-0.3, -0.25) is 4.72 Å². The van der Waals surface area contributed by atoms with E-state index in [0.29, 0.717) is 5.69 Å². The van der Waals surface area contributed by atoms with Crippen LogP contribution in [0.5, 0.6) is 0 Å². The second-order valence-corrected chi connectivity index (χ2v) is 5.38. The van der Waals surface area contributed by atoms with Gasteiger partial charge in [-0.15, -0.1) is 0 Å². The van der Waals surface area contributed by atoms with E-state index in [2.05, 4.69) is 9.71 Å². The second-order valence-electron chi connectivity index (χ2n) is 3.63. The standard InChI is InChI=1S/C10H12N2O2S/c1-7-5-8-6-9(12-15(2,13)14)3-4-10(8)11-7/h3-6,11-12H,1-2H3. The van der Waals surface area contributed by atoms with Crippen LogP contribution in [-0.4, -0.2) is 19.7 Å². The maximum Gasteiger partial charge on any atom is 0.229 e. The Labute approximate surface area is 88.4 Å². The molecule has 2 rings (SSSR count). The lowest BCUT2D eigenvalue weighted by Gasteiger charge is -2.02. The highest BCUT2D eigenvalue weighted by molar-refractivity contribution is 7.92. The van der Waals surface area contributed by atoms with Gasteiger partial charge in [0.25, 0.3) is 0 Å². The average Bonchev–Trinajstić information content (AvgIpc) is 2.40. The molecule has 0 radical (unpaired) electrons. The van der Waals surface area contributed by atoms with Gasteiger partial charge in [0.15, 0.2) is 0 Å². The zero-order chi connectivity index (χ0) is 11.1. The van der Waals surface area contributed by atoms with Crippen LogP contribution in [0.3, 0.4) is 0 Å². The lowest BCUT2D eigenvalue weighted by atomic mass is 10.2. The Balaban J connectivity index is 2.47. The predicted molar refractivity (Wildman–Crippen MR) is 61.5 cm³/mol. The molecule has 0 aliphatic rings. The van der Waals surface area contributed by atoms with E-state index in [9.17, 15) is 8.42 Å². The summed E-state index contributed by atoms with van der Waals surface area (Å²) < 4.78 is 24.5. The minimum absolute atomic E-state index is 0.587. The van der Waals surface area contributed by atoms with Crippen molar-refractivity contribution in [1.82, 2.24) is 4.98 Å². The highest BCUT2D eigenvalue weighted by Crippen LogP contribution is 2.20. The van der Waals surface area contributed by atoms with Crippen molar-refractivity contribution >= 4 is 26.6 Å². The first kappa shape index (κ1) is 10.0. The zero-order valence-corrected chi connectivity index (χ0v) is 9.35. The molecule has 0 atom stereocenters. The first-order valence-corrected chi connectivity index (χ1v) is 6.40. The molecule has 0 saturated carbocycles. The molecule has 5 heteroatoms. The van der Waals surface area contributed by atoms with Crippen LogP contribution in [0.25, 0.3) is 10.9 Å². The lowest BCUT2D eigenvalue weighted by Crippen LogP contribution is -2.09. The summed E-state index contributed by atoms with van der Waals surface area (Å²) in [5, 5.41) is 1.00. The monoisotopic (exact) mass is 224 g/mol. The van der Waals surface area contributed by atoms with Crippen LogP contribution in [0.2, 0.25) is 0 Å². The Morgan fingerprint density at radius 2 is 2.00 bits per heavy atom. The van der Waals surface area contributed by atoms with E-state index in [1.54, 1.807) is 12.1 Å². The summed E-state index contributed by atoms with van der Waals surface area (Å²) in [4.78, 5) is 3.17. The second kappa shape index (κ2) is 3.27. The molecule has 0 unspecified atom stereocenters. The molecule has 2 N–H and O–H groups in total. The smallest absolute Gasteiger partial charge is 0.229 e. The van der Waals surface area contributed by atoms with Crippen molar-refractivity contribution in [2.24, 2.45) is 0 Å². The van der Waals surface area contributed by atoms with Crippen LogP contribution < -0.4 is 4.72 Å². The van der Waals surface area contributed by atoms with Crippen LogP contribution in [0.4, 0.5) is 5.69 Å². The number of hydrogen-bond acceptors (Lipinski definition) is 2. The van der Waals surface area contributed by atoms with E-state index in [-0.39, 0.29) is 0 Å². The summed E-state index contributed by atoms with van der Waals surface area (Å²) in [6.45, 7) is 1.96. The molecule has 2 aromatic rings. The van der Waals surface area contributed by atoms with E-state index in [0.717, 1.165) is 22.9 Å². The van der Waals surface area contributed by atoms with Gasteiger partial charge in [-0.2, -0.15) is 0 Å².